The first-order chi connectivity index (χ1) is 27.9. The summed E-state index contributed by atoms with van der Waals surface area (Å²) in [5.41, 5.74) is 0. The normalized spacial score (nSPS) is 22.8. The van der Waals surface area contributed by atoms with Gasteiger partial charge in [-0.1, -0.05) is 134 Å². The van der Waals surface area contributed by atoms with Gasteiger partial charge in [0, 0.05) is 12.8 Å². The van der Waals surface area contributed by atoms with Gasteiger partial charge in [-0.25, -0.2) is 4.57 Å². The van der Waals surface area contributed by atoms with Crippen LogP contribution in [0.2, 0.25) is 0 Å². The second kappa shape index (κ2) is 34.7. The number of carbonyl (C=O) groups is 2. The molecule has 0 radical (unpaired) electrons. The summed E-state index contributed by atoms with van der Waals surface area (Å²) in [4.78, 5) is 35.6. The Kier molecular flexibility index (Phi) is 32.4. The van der Waals surface area contributed by atoms with Crippen LogP contribution in [0, 0.1) is 0 Å². The lowest BCUT2D eigenvalue weighted by Crippen LogP contribution is -2.64. The molecule has 1 saturated carbocycles. The summed E-state index contributed by atoms with van der Waals surface area (Å²) >= 11 is 0. The van der Waals surface area contributed by atoms with E-state index in [1.54, 1.807) is 0 Å². The van der Waals surface area contributed by atoms with Crippen molar-refractivity contribution < 1.29 is 63.1 Å². The van der Waals surface area contributed by atoms with E-state index < -0.39 is 75.7 Å². The van der Waals surface area contributed by atoms with Crippen LogP contribution >= 0.6 is 7.82 Å². The molecule has 8 atom stereocenters. The molecular weight excluding hydrogens is 767 g/mol. The van der Waals surface area contributed by atoms with Crippen molar-refractivity contribution in [3.05, 3.63) is 36.5 Å². The van der Waals surface area contributed by atoms with Gasteiger partial charge < -0.3 is 39.9 Å². The number of rotatable bonds is 36. The van der Waals surface area contributed by atoms with Gasteiger partial charge in [0.1, 0.15) is 43.2 Å². The number of aliphatic hydroxyl groups excluding tert-OH is 5. The van der Waals surface area contributed by atoms with Crippen molar-refractivity contribution in [2.24, 2.45) is 0 Å². The molecule has 0 heterocycles. The van der Waals surface area contributed by atoms with E-state index in [4.69, 9.17) is 18.5 Å². The van der Waals surface area contributed by atoms with Gasteiger partial charge in [0.25, 0.3) is 0 Å². The Bertz CT molecular complexity index is 1160. The largest absolute Gasteiger partial charge is 0.472 e. The van der Waals surface area contributed by atoms with E-state index in [0.29, 0.717) is 12.8 Å². The van der Waals surface area contributed by atoms with Crippen LogP contribution in [0.3, 0.4) is 0 Å². The fourth-order valence-electron chi connectivity index (χ4n) is 6.53. The van der Waals surface area contributed by atoms with Gasteiger partial charge in [0.05, 0.1) is 6.61 Å². The standard InChI is InChI=1S/C44H79O13P/c1-3-5-7-9-11-13-15-17-19-21-22-24-26-28-30-32-37(45)54-34-36(35-55-58(52,53)57-44-42(50)40(48)39(47)41(49)43(44)51)56-38(46)33-31-29-27-25-23-20-18-16-14-12-10-8-6-4-2/h10,12,16,18,22,24,36,39-44,47-51H,3-9,11,13-15,17,19-21,23,25-35H2,1-2H3,(H,52,53)/b12-10+,18-16+,24-22+/t36-,39?,40-,41?,42?,43?,44?/m0/s1. The molecule has 14 heteroatoms. The molecule has 338 valence electrons. The number of unbranched alkanes of at least 4 members (excludes halogenated alkanes) is 18. The molecule has 1 aliphatic carbocycles. The van der Waals surface area contributed by atoms with Crippen LogP contribution in [0.15, 0.2) is 36.5 Å². The summed E-state index contributed by atoms with van der Waals surface area (Å²) in [6.07, 6.45) is 24.9. The van der Waals surface area contributed by atoms with Gasteiger partial charge >= 0.3 is 19.8 Å². The molecule has 0 saturated heterocycles. The second-order valence-electron chi connectivity index (χ2n) is 15.5. The van der Waals surface area contributed by atoms with Crippen molar-refractivity contribution in [1.82, 2.24) is 0 Å². The highest BCUT2D eigenvalue weighted by Gasteiger charge is 2.51. The monoisotopic (exact) mass is 847 g/mol. The maximum atomic E-state index is 12.8. The van der Waals surface area contributed by atoms with Crippen molar-refractivity contribution in [3.8, 4) is 0 Å². The SMILES string of the molecule is CCCC/C=C/C/C=C/CCCCCCCC(=O)O[C@@H](COC(=O)CCCC/C=C/CCCCCCCCCCC)COP(=O)(O)OC1C(O)C(O)C(O)[C@H](O)C1O. The fraction of sp³-hybridized carbons (Fsp3) is 0.818. The highest BCUT2D eigenvalue weighted by Crippen LogP contribution is 2.47. The predicted octanol–water partition coefficient (Wildman–Crippen LogP) is 8.22. The minimum atomic E-state index is -5.12. The Hall–Kier alpha value is -1.93. The van der Waals surface area contributed by atoms with Gasteiger partial charge in [-0.3, -0.25) is 18.6 Å². The molecule has 6 unspecified atom stereocenters. The van der Waals surface area contributed by atoms with Crippen molar-refractivity contribution >= 4 is 19.8 Å². The third-order valence-electron chi connectivity index (χ3n) is 10.2. The number of carbonyl (C=O) groups excluding carboxylic acids is 2. The Balaban J connectivity index is 2.50. The summed E-state index contributed by atoms with van der Waals surface area (Å²) in [6, 6.07) is 0. The molecule has 0 amide bonds. The topological polar surface area (TPSA) is 210 Å². The maximum Gasteiger partial charge on any atom is 0.472 e. The molecule has 1 aliphatic rings. The first kappa shape index (κ1) is 54.1. The van der Waals surface area contributed by atoms with Crippen molar-refractivity contribution in [3.63, 3.8) is 0 Å². The average molecular weight is 847 g/mol. The van der Waals surface area contributed by atoms with E-state index in [0.717, 1.165) is 64.2 Å². The molecule has 13 nitrogen and oxygen atoms in total. The van der Waals surface area contributed by atoms with Crippen molar-refractivity contribution in [2.75, 3.05) is 13.2 Å². The summed E-state index contributed by atoms with van der Waals surface area (Å²) in [5.74, 6) is -1.14. The van der Waals surface area contributed by atoms with Crippen LogP contribution in [0.5, 0.6) is 0 Å². The third-order valence-corrected chi connectivity index (χ3v) is 11.2. The van der Waals surface area contributed by atoms with E-state index in [-0.39, 0.29) is 12.8 Å². The van der Waals surface area contributed by atoms with E-state index in [2.05, 4.69) is 50.3 Å². The quantitative estimate of drug-likeness (QED) is 0.0152. The number of aliphatic hydroxyl groups is 5. The summed E-state index contributed by atoms with van der Waals surface area (Å²) in [6.45, 7) is 3.22. The van der Waals surface area contributed by atoms with Crippen molar-refractivity contribution in [2.45, 2.75) is 217 Å². The zero-order chi connectivity index (χ0) is 42.9. The van der Waals surface area contributed by atoms with Gasteiger partial charge in [0.15, 0.2) is 6.10 Å². The Morgan fingerprint density at radius 1 is 0.534 bits per heavy atom. The first-order valence-electron chi connectivity index (χ1n) is 22.3. The van der Waals surface area contributed by atoms with Crippen LogP contribution < -0.4 is 0 Å². The molecule has 1 fully saturated rings. The molecule has 1 rings (SSSR count). The fourth-order valence-corrected chi connectivity index (χ4v) is 7.51. The number of hydrogen-bond donors (Lipinski definition) is 6. The number of hydrogen-bond acceptors (Lipinski definition) is 12. The van der Waals surface area contributed by atoms with E-state index in [1.165, 1.54) is 70.6 Å². The zero-order valence-corrected chi connectivity index (χ0v) is 36.5. The van der Waals surface area contributed by atoms with Crippen LogP contribution in [-0.2, 0) is 32.7 Å². The van der Waals surface area contributed by atoms with E-state index in [9.17, 15) is 44.6 Å². The smallest absolute Gasteiger partial charge is 0.462 e. The van der Waals surface area contributed by atoms with Crippen LogP contribution in [0.1, 0.15) is 174 Å². The Morgan fingerprint density at radius 2 is 0.948 bits per heavy atom. The molecule has 58 heavy (non-hydrogen) atoms. The second-order valence-corrected chi connectivity index (χ2v) is 16.9. The number of allylic oxidation sites excluding steroid dienone is 6. The van der Waals surface area contributed by atoms with Crippen molar-refractivity contribution in [1.29, 1.82) is 0 Å². The first-order valence-corrected chi connectivity index (χ1v) is 23.8. The summed E-state index contributed by atoms with van der Waals surface area (Å²) in [7, 11) is -5.12. The Morgan fingerprint density at radius 3 is 1.50 bits per heavy atom. The van der Waals surface area contributed by atoms with Gasteiger partial charge in [-0.2, -0.15) is 0 Å². The summed E-state index contributed by atoms with van der Waals surface area (Å²) < 4.78 is 33.4. The molecule has 6 N–H and O–H groups in total. The van der Waals surface area contributed by atoms with Gasteiger partial charge in [-0.15, -0.1) is 0 Å². The number of esters is 2. The van der Waals surface area contributed by atoms with Crippen LogP contribution in [0.25, 0.3) is 0 Å². The highest BCUT2D eigenvalue weighted by molar-refractivity contribution is 7.47. The van der Waals surface area contributed by atoms with Gasteiger partial charge in [-0.05, 0) is 64.2 Å². The lowest BCUT2D eigenvalue weighted by Gasteiger charge is -2.41. The summed E-state index contributed by atoms with van der Waals surface area (Å²) in [5, 5.41) is 50.1. The molecule has 0 aromatic rings. The van der Waals surface area contributed by atoms with Gasteiger partial charge in [0.2, 0.25) is 0 Å². The zero-order valence-electron chi connectivity index (χ0n) is 35.6. The molecular formula is C44H79O13P. The third kappa shape index (κ3) is 27.0. The number of phosphoric acid groups is 1. The number of ether oxygens (including phenoxy) is 2. The molecule has 0 aromatic heterocycles. The Labute approximate surface area is 348 Å². The van der Waals surface area contributed by atoms with E-state index in [1.807, 2.05) is 0 Å². The minimum Gasteiger partial charge on any atom is -0.462 e. The highest BCUT2D eigenvalue weighted by atomic mass is 31.2. The maximum absolute atomic E-state index is 12.8. The van der Waals surface area contributed by atoms with Crippen LogP contribution in [0.4, 0.5) is 0 Å². The molecule has 0 aromatic carbocycles. The lowest BCUT2D eigenvalue weighted by molar-refractivity contribution is -0.220. The molecule has 0 aliphatic heterocycles. The molecule has 0 spiro atoms. The molecule has 0 bridgehead atoms. The van der Waals surface area contributed by atoms with E-state index >= 15 is 0 Å². The lowest BCUT2D eigenvalue weighted by atomic mass is 9.85. The number of phosphoric ester groups is 1. The van der Waals surface area contributed by atoms with Crippen LogP contribution in [-0.4, -0.2) is 98.3 Å². The average Bonchev–Trinajstić information content (AvgIpc) is 3.20. The minimum absolute atomic E-state index is 0.0766. The predicted molar refractivity (Wildman–Crippen MR) is 226 cm³/mol.